The number of hydrogen-bond acceptors (Lipinski definition) is 2. The monoisotopic (exact) mass is 213 g/mol. The van der Waals surface area contributed by atoms with Gasteiger partial charge in [-0.2, -0.15) is 0 Å². The van der Waals surface area contributed by atoms with Gasteiger partial charge < -0.3 is 10.5 Å². The molecule has 0 aromatic heterocycles. The fourth-order valence-electron chi connectivity index (χ4n) is 1.45. The van der Waals surface area contributed by atoms with E-state index >= 15 is 0 Å². The third-order valence-electron chi connectivity index (χ3n) is 3.02. The van der Waals surface area contributed by atoms with Gasteiger partial charge in [-0.05, 0) is 39.5 Å². The van der Waals surface area contributed by atoms with E-state index < -0.39 is 0 Å². The van der Waals surface area contributed by atoms with Crippen molar-refractivity contribution in [3.05, 3.63) is 12.2 Å². The van der Waals surface area contributed by atoms with Gasteiger partial charge in [0.05, 0.1) is 12.2 Å². The average molecular weight is 213 g/mol. The third-order valence-corrected chi connectivity index (χ3v) is 3.02. The van der Waals surface area contributed by atoms with Crippen LogP contribution in [0.4, 0.5) is 0 Å². The Labute approximate surface area is 94.9 Å². The van der Waals surface area contributed by atoms with E-state index in [0.29, 0.717) is 5.92 Å². The zero-order chi connectivity index (χ0) is 12.1. The van der Waals surface area contributed by atoms with Crippen LogP contribution < -0.4 is 5.73 Å². The first-order valence-corrected chi connectivity index (χ1v) is 5.85. The fourth-order valence-corrected chi connectivity index (χ4v) is 1.45. The highest BCUT2D eigenvalue weighted by Crippen LogP contribution is 2.23. The van der Waals surface area contributed by atoms with Crippen LogP contribution in [0.25, 0.3) is 0 Å². The second-order valence-electron chi connectivity index (χ2n) is 5.04. The Morgan fingerprint density at radius 2 is 2.00 bits per heavy atom. The van der Waals surface area contributed by atoms with E-state index in [1.54, 1.807) is 0 Å². The van der Waals surface area contributed by atoms with Crippen LogP contribution in [0.5, 0.6) is 0 Å². The van der Waals surface area contributed by atoms with Gasteiger partial charge in [-0.25, -0.2) is 0 Å². The van der Waals surface area contributed by atoms with E-state index in [1.165, 1.54) is 5.57 Å². The Kier molecular flexibility index (Phi) is 6.15. The summed E-state index contributed by atoms with van der Waals surface area (Å²) in [5.41, 5.74) is 6.91. The molecule has 0 rings (SSSR count). The normalized spacial score (nSPS) is 19.3. The van der Waals surface area contributed by atoms with Gasteiger partial charge >= 0.3 is 0 Å². The number of ether oxygens (including phenoxy) is 1. The zero-order valence-electron chi connectivity index (χ0n) is 11.0. The number of rotatable bonds is 7. The first-order valence-electron chi connectivity index (χ1n) is 5.85. The predicted octanol–water partition coefficient (Wildman–Crippen LogP) is 3.12. The van der Waals surface area contributed by atoms with E-state index in [-0.39, 0.29) is 11.6 Å². The molecule has 15 heavy (non-hydrogen) atoms. The maximum Gasteiger partial charge on any atom is 0.0666 e. The van der Waals surface area contributed by atoms with Crippen molar-refractivity contribution < 1.29 is 4.74 Å². The molecule has 0 aromatic carbocycles. The van der Waals surface area contributed by atoms with E-state index in [9.17, 15) is 0 Å². The quantitative estimate of drug-likeness (QED) is 0.659. The lowest BCUT2D eigenvalue weighted by Gasteiger charge is -2.31. The summed E-state index contributed by atoms with van der Waals surface area (Å²) in [5, 5.41) is 0. The Morgan fingerprint density at radius 3 is 2.33 bits per heavy atom. The molecular formula is C13H27NO. The van der Waals surface area contributed by atoms with E-state index in [2.05, 4.69) is 27.4 Å². The molecule has 0 saturated heterocycles. The summed E-state index contributed by atoms with van der Waals surface area (Å²) in [7, 11) is 0. The highest BCUT2D eigenvalue weighted by atomic mass is 16.5. The second kappa shape index (κ2) is 6.29. The van der Waals surface area contributed by atoms with Crippen LogP contribution in [0.15, 0.2) is 12.2 Å². The highest BCUT2D eigenvalue weighted by molar-refractivity contribution is 4.94. The van der Waals surface area contributed by atoms with Gasteiger partial charge in [-0.15, -0.1) is 0 Å². The highest BCUT2D eigenvalue weighted by Gasteiger charge is 2.25. The van der Waals surface area contributed by atoms with Crippen LogP contribution in [0.3, 0.4) is 0 Å². The van der Waals surface area contributed by atoms with Gasteiger partial charge in [0.25, 0.3) is 0 Å². The van der Waals surface area contributed by atoms with Gasteiger partial charge in [0.1, 0.15) is 0 Å². The first kappa shape index (κ1) is 14.7. The molecular weight excluding hydrogens is 186 g/mol. The zero-order valence-corrected chi connectivity index (χ0v) is 11.0. The maximum absolute atomic E-state index is 5.97. The van der Waals surface area contributed by atoms with Crippen LogP contribution >= 0.6 is 0 Å². The Hall–Kier alpha value is -0.340. The molecule has 0 fully saturated rings. The molecule has 0 aliphatic carbocycles. The van der Waals surface area contributed by atoms with Crippen molar-refractivity contribution in [1.29, 1.82) is 0 Å². The molecule has 2 N–H and O–H groups in total. The van der Waals surface area contributed by atoms with Gasteiger partial charge in [0, 0.05) is 6.04 Å². The summed E-state index contributed by atoms with van der Waals surface area (Å²) >= 11 is 0. The summed E-state index contributed by atoms with van der Waals surface area (Å²) in [6, 6.07) is 0.190. The number of hydrogen-bond donors (Lipinski definition) is 1. The smallest absolute Gasteiger partial charge is 0.0666 e. The van der Waals surface area contributed by atoms with Crippen molar-refractivity contribution in [2.75, 3.05) is 6.61 Å². The second-order valence-corrected chi connectivity index (χ2v) is 5.04. The Balaban J connectivity index is 4.14. The molecule has 90 valence electrons. The summed E-state index contributed by atoms with van der Waals surface area (Å²) < 4.78 is 5.97. The van der Waals surface area contributed by atoms with E-state index in [1.807, 2.05) is 13.8 Å². The summed E-state index contributed by atoms with van der Waals surface area (Å²) in [4.78, 5) is 0. The van der Waals surface area contributed by atoms with Crippen molar-refractivity contribution in [3.63, 3.8) is 0 Å². The first-order chi connectivity index (χ1) is 6.80. The molecule has 3 unspecified atom stereocenters. The minimum absolute atomic E-state index is 0.0854. The fraction of sp³-hybridized carbons (Fsp3) is 0.846. The topological polar surface area (TPSA) is 35.2 Å². The molecule has 0 heterocycles. The lowest BCUT2D eigenvalue weighted by atomic mass is 9.94. The van der Waals surface area contributed by atoms with Crippen molar-refractivity contribution in [1.82, 2.24) is 0 Å². The minimum Gasteiger partial charge on any atom is -0.375 e. The standard InChI is InChI=1S/C13H27NO/c1-7-13(6,8-12(5)14)15-9-11(4)10(2)3/h11-12H,2,7-9,14H2,1,3-6H3. The van der Waals surface area contributed by atoms with Crippen molar-refractivity contribution in [3.8, 4) is 0 Å². The van der Waals surface area contributed by atoms with E-state index in [0.717, 1.165) is 19.4 Å². The molecule has 2 nitrogen and oxygen atoms in total. The van der Waals surface area contributed by atoms with Crippen LogP contribution in [0.1, 0.15) is 47.5 Å². The summed E-state index contributed by atoms with van der Waals surface area (Å²) in [5.74, 6) is 0.420. The third kappa shape index (κ3) is 5.95. The average Bonchev–Trinajstić information content (AvgIpc) is 2.13. The molecule has 0 saturated carbocycles. The predicted molar refractivity (Wildman–Crippen MR) is 66.9 cm³/mol. The van der Waals surface area contributed by atoms with Gasteiger partial charge in [-0.3, -0.25) is 0 Å². The molecule has 0 bridgehead atoms. The molecule has 2 heteroatoms. The number of nitrogens with two attached hydrogens (primary N) is 1. The molecule has 0 aromatic rings. The van der Waals surface area contributed by atoms with Crippen molar-refractivity contribution >= 4 is 0 Å². The molecule has 0 amide bonds. The Bertz CT molecular complexity index is 201. The molecule has 3 atom stereocenters. The summed E-state index contributed by atoms with van der Waals surface area (Å²) in [6.07, 6.45) is 1.91. The van der Waals surface area contributed by atoms with Gasteiger partial charge in [-0.1, -0.05) is 26.0 Å². The van der Waals surface area contributed by atoms with Gasteiger partial charge in [0.15, 0.2) is 0 Å². The minimum atomic E-state index is -0.0854. The van der Waals surface area contributed by atoms with E-state index in [4.69, 9.17) is 10.5 Å². The maximum atomic E-state index is 5.97. The van der Waals surface area contributed by atoms with Crippen molar-refractivity contribution in [2.45, 2.75) is 59.1 Å². The lowest BCUT2D eigenvalue weighted by Crippen LogP contribution is -2.36. The van der Waals surface area contributed by atoms with Crippen LogP contribution in [0, 0.1) is 5.92 Å². The van der Waals surface area contributed by atoms with Crippen LogP contribution in [-0.4, -0.2) is 18.2 Å². The Morgan fingerprint density at radius 1 is 1.47 bits per heavy atom. The molecule has 0 spiro atoms. The molecule has 0 aliphatic rings. The van der Waals surface area contributed by atoms with Crippen LogP contribution in [0.2, 0.25) is 0 Å². The van der Waals surface area contributed by atoms with Crippen molar-refractivity contribution in [2.24, 2.45) is 11.7 Å². The molecule has 0 radical (unpaired) electrons. The summed E-state index contributed by atoms with van der Waals surface area (Å²) in [6.45, 7) is 15.2. The van der Waals surface area contributed by atoms with Gasteiger partial charge in [0.2, 0.25) is 0 Å². The largest absolute Gasteiger partial charge is 0.375 e. The molecule has 0 aliphatic heterocycles. The lowest BCUT2D eigenvalue weighted by molar-refractivity contribution is -0.0527. The SMILES string of the molecule is C=C(C)C(C)COC(C)(CC)CC(C)N. The van der Waals surface area contributed by atoms with Crippen LogP contribution in [-0.2, 0) is 4.74 Å².